The van der Waals surface area contributed by atoms with E-state index in [9.17, 15) is 4.79 Å². The molecule has 0 unspecified atom stereocenters. The summed E-state index contributed by atoms with van der Waals surface area (Å²) in [6, 6.07) is 1.65. The second kappa shape index (κ2) is 4.43. The van der Waals surface area contributed by atoms with Crippen molar-refractivity contribution in [2.45, 2.75) is 0 Å². The summed E-state index contributed by atoms with van der Waals surface area (Å²) < 4.78 is 0. The number of rotatable bonds is 3. The van der Waals surface area contributed by atoms with Crippen LogP contribution in [0.4, 0.5) is 0 Å². The third-order valence-electron chi connectivity index (χ3n) is 2.25. The van der Waals surface area contributed by atoms with Gasteiger partial charge in [0.05, 0.1) is 16.2 Å². The van der Waals surface area contributed by atoms with Crippen molar-refractivity contribution in [2.24, 2.45) is 0 Å². The zero-order chi connectivity index (χ0) is 12.4. The number of allylic oxidation sites excluding steroid dienone is 4. The normalized spacial score (nSPS) is 11.7. The molecule has 2 rings (SSSR count). The molecule has 0 radical (unpaired) electrons. The van der Waals surface area contributed by atoms with Crippen molar-refractivity contribution in [1.82, 2.24) is 15.0 Å². The quantitative estimate of drug-likeness (QED) is 0.819. The van der Waals surface area contributed by atoms with Gasteiger partial charge >= 0.3 is 5.69 Å². The first kappa shape index (κ1) is 11.4. The van der Waals surface area contributed by atoms with Gasteiger partial charge < -0.3 is 4.98 Å². The van der Waals surface area contributed by atoms with Crippen LogP contribution in [0.3, 0.4) is 0 Å². The molecule has 4 nitrogen and oxygen atoms in total. The van der Waals surface area contributed by atoms with Gasteiger partial charge in [-0.2, -0.15) is 0 Å². The van der Waals surface area contributed by atoms with Crippen LogP contribution in [0.25, 0.3) is 16.7 Å². The lowest BCUT2D eigenvalue weighted by Crippen LogP contribution is -1.99. The third kappa shape index (κ3) is 2.07. The average Bonchev–Trinajstić information content (AvgIpc) is 2.64. The van der Waals surface area contributed by atoms with Gasteiger partial charge in [0, 0.05) is 5.57 Å². The summed E-state index contributed by atoms with van der Waals surface area (Å²) in [4.78, 5) is 20.6. The van der Waals surface area contributed by atoms with Gasteiger partial charge in [0.1, 0.15) is 0 Å². The predicted molar refractivity (Wildman–Crippen MR) is 70.1 cm³/mol. The molecule has 0 saturated heterocycles. The molecule has 0 fully saturated rings. The summed E-state index contributed by atoms with van der Waals surface area (Å²) in [6.45, 7) is 7.30. The van der Waals surface area contributed by atoms with E-state index in [2.05, 4.69) is 28.1 Å². The molecule has 17 heavy (non-hydrogen) atoms. The monoisotopic (exact) mass is 247 g/mol. The molecule has 0 amide bonds. The first-order valence-electron chi connectivity index (χ1n) is 4.89. The van der Waals surface area contributed by atoms with Crippen LogP contribution in [0.1, 0.15) is 5.69 Å². The number of nitrogens with one attached hydrogen (secondary N) is 2. The first-order chi connectivity index (χ1) is 8.15. The fraction of sp³-hybridized carbons (Fsp3) is 0. The van der Waals surface area contributed by atoms with Crippen LogP contribution in [0.5, 0.6) is 0 Å². The Labute approximate surface area is 102 Å². The van der Waals surface area contributed by atoms with Gasteiger partial charge in [-0.1, -0.05) is 43.0 Å². The number of fused-ring (bicyclic) bond motifs is 1. The van der Waals surface area contributed by atoms with Crippen molar-refractivity contribution in [2.75, 3.05) is 0 Å². The summed E-state index contributed by atoms with van der Waals surface area (Å²) in [5.74, 6) is 0. The zero-order valence-corrected chi connectivity index (χ0v) is 9.71. The highest BCUT2D eigenvalue weighted by Gasteiger charge is 2.09. The van der Waals surface area contributed by atoms with Crippen molar-refractivity contribution in [3.8, 4) is 0 Å². The molecular weight excluding hydrogens is 238 g/mol. The van der Waals surface area contributed by atoms with Gasteiger partial charge in [0.25, 0.3) is 0 Å². The standard InChI is InChI=1S/C12H10ClN3O/c1-3-5-7(4-2)10-8(13)6-9-11(15-10)16-12(17)14-9/h3-6H,1-2H2,(H2,14,15,16,17)/b7-5+. The lowest BCUT2D eigenvalue weighted by atomic mass is 10.1. The van der Waals surface area contributed by atoms with E-state index < -0.39 is 0 Å². The van der Waals surface area contributed by atoms with Crippen LogP contribution in [-0.4, -0.2) is 15.0 Å². The SMILES string of the molecule is C=C/C=C(\C=C)c1nc2[nH]c(=O)[nH]c2cc1Cl. The topological polar surface area (TPSA) is 61.5 Å². The number of nitrogens with zero attached hydrogens (tertiary/aromatic N) is 1. The van der Waals surface area contributed by atoms with Gasteiger partial charge in [-0.25, -0.2) is 9.78 Å². The van der Waals surface area contributed by atoms with Gasteiger partial charge in [-0.3, -0.25) is 4.98 Å². The average molecular weight is 248 g/mol. The molecule has 0 saturated carbocycles. The number of H-pyrrole nitrogens is 2. The Morgan fingerprint density at radius 2 is 2.18 bits per heavy atom. The Kier molecular flexibility index (Phi) is 2.97. The minimum Gasteiger partial charge on any atom is -0.304 e. The van der Waals surface area contributed by atoms with Gasteiger partial charge in [0.2, 0.25) is 0 Å². The van der Waals surface area contributed by atoms with E-state index in [1.165, 1.54) is 0 Å². The summed E-state index contributed by atoms with van der Waals surface area (Å²) >= 11 is 6.10. The summed E-state index contributed by atoms with van der Waals surface area (Å²) in [5, 5.41) is 0.445. The first-order valence-corrected chi connectivity index (χ1v) is 5.27. The zero-order valence-electron chi connectivity index (χ0n) is 8.96. The number of halogens is 1. The number of pyridine rings is 1. The number of imidazole rings is 1. The number of hydrogen-bond acceptors (Lipinski definition) is 2. The third-order valence-corrected chi connectivity index (χ3v) is 2.54. The minimum atomic E-state index is -0.312. The maximum Gasteiger partial charge on any atom is 0.325 e. The van der Waals surface area contributed by atoms with Crippen LogP contribution in [-0.2, 0) is 0 Å². The predicted octanol–water partition coefficient (Wildman–Crippen LogP) is 2.66. The fourth-order valence-electron chi connectivity index (χ4n) is 1.51. The lowest BCUT2D eigenvalue weighted by molar-refractivity contribution is 1.20. The lowest BCUT2D eigenvalue weighted by Gasteiger charge is -2.03. The largest absolute Gasteiger partial charge is 0.325 e. The molecule has 0 spiro atoms. The van der Waals surface area contributed by atoms with Crippen molar-refractivity contribution in [3.05, 3.63) is 58.7 Å². The van der Waals surface area contributed by atoms with Crippen molar-refractivity contribution >= 4 is 28.3 Å². The second-order valence-electron chi connectivity index (χ2n) is 3.36. The molecule has 2 N–H and O–H groups in total. The van der Waals surface area contributed by atoms with Crippen molar-refractivity contribution in [3.63, 3.8) is 0 Å². The van der Waals surface area contributed by atoms with Gasteiger partial charge in [-0.05, 0) is 6.07 Å². The molecule has 5 heteroatoms. The van der Waals surface area contributed by atoms with E-state index in [0.717, 1.165) is 5.57 Å². The maximum atomic E-state index is 11.1. The molecule has 2 aromatic rings. The van der Waals surface area contributed by atoms with E-state index >= 15 is 0 Å². The highest BCUT2D eigenvalue weighted by molar-refractivity contribution is 6.32. The molecule has 0 bridgehead atoms. The minimum absolute atomic E-state index is 0.312. The van der Waals surface area contributed by atoms with Crippen LogP contribution >= 0.6 is 11.6 Å². The van der Waals surface area contributed by atoms with Crippen molar-refractivity contribution in [1.29, 1.82) is 0 Å². The molecule has 0 aliphatic carbocycles. The summed E-state index contributed by atoms with van der Waals surface area (Å²) in [6.07, 6.45) is 5.00. The highest BCUT2D eigenvalue weighted by atomic mass is 35.5. The number of hydrogen-bond donors (Lipinski definition) is 2. The molecule has 0 aliphatic rings. The molecule has 86 valence electrons. The van der Waals surface area contributed by atoms with Crippen LogP contribution in [0, 0.1) is 0 Å². The Bertz CT molecular complexity index is 679. The van der Waals surface area contributed by atoms with Gasteiger partial charge in [-0.15, -0.1) is 0 Å². The molecule has 0 atom stereocenters. The van der Waals surface area contributed by atoms with Crippen LogP contribution in [0.15, 0.2) is 42.2 Å². The van der Waals surface area contributed by atoms with Crippen LogP contribution < -0.4 is 5.69 Å². The van der Waals surface area contributed by atoms with Crippen molar-refractivity contribution < 1.29 is 0 Å². The summed E-state index contributed by atoms with van der Waals surface area (Å²) in [5.41, 5.74) is 2.03. The Balaban J connectivity index is 2.72. The Morgan fingerprint density at radius 3 is 2.82 bits per heavy atom. The van der Waals surface area contributed by atoms with E-state index in [4.69, 9.17) is 11.6 Å². The second-order valence-corrected chi connectivity index (χ2v) is 3.76. The molecule has 0 aliphatic heterocycles. The van der Waals surface area contributed by atoms with Crippen LogP contribution in [0.2, 0.25) is 5.02 Å². The maximum absolute atomic E-state index is 11.1. The molecule has 2 aromatic heterocycles. The van der Waals surface area contributed by atoms with E-state index in [0.29, 0.717) is 21.9 Å². The molecule has 0 aromatic carbocycles. The Hall–Kier alpha value is -2.07. The smallest absolute Gasteiger partial charge is 0.304 e. The molecule has 2 heterocycles. The van der Waals surface area contributed by atoms with Gasteiger partial charge in [0.15, 0.2) is 5.65 Å². The Morgan fingerprint density at radius 1 is 1.41 bits per heavy atom. The number of aromatic nitrogens is 3. The molecular formula is C12H10ClN3O. The fourth-order valence-corrected chi connectivity index (χ4v) is 1.77. The number of aromatic amines is 2. The summed E-state index contributed by atoms with van der Waals surface area (Å²) in [7, 11) is 0. The van der Waals surface area contributed by atoms with E-state index in [1.54, 1.807) is 24.3 Å². The van der Waals surface area contributed by atoms with E-state index in [-0.39, 0.29) is 5.69 Å². The van der Waals surface area contributed by atoms with E-state index in [1.807, 2.05) is 0 Å². The highest BCUT2D eigenvalue weighted by Crippen LogP contribution is 2.25.